The van der Waals surface area contributed by atoms with E-state index in [1.807, 2.05) is 54.6 Å². The van der Waals surface area contributed by atoms with E-state index in [-0.39, 0.29) is 0 Å². The van der Waals surface area contributed by atoms with Crippen LogP contribution in [0.1, 0.15) is 16.7 Å². The van der Waals surface area contributed by atoms with E-state index in [9.17, 15) is 15.8 Å². The van der Waals surface area contributed by atoms with Crippen LogP contribution in [0, 0.1) is 34.0 Å². The Kier molecular flexibility index (Phi) is 3.60. The molecule has 0 aliphatic carbocycles. The second-order valence-corrected chi connectivity index (χ2v) is 7.60. The summed E-state index contributed by atoms with van der Waals surface area (Å²) in [5.74, 6) is 0. The summed E-state index contributed by atoms with van der Waals surface area (Å²) in [6.45, 7) is 0. The van der Waals surface area contributed by atoms with Gasteiger partial charge in [-0.05, 0) is 60.7 Å². The number of furan rings is 1. The molecule has 0 radical (unpaired) electrons. The van der Waals surface area contributed by atoms with Crippen LogP contribution in [0.2, 0.25) is 0 Å². The number of benzene rings is 4. The van der Waals surface area contributed by atoms with Crippen LogP contribution in [0.25, 0.3) is 49.4 Å². The van der Waals surface area contributed by atoms with Crippen molar-refractivity contribution in [3.05, 3.63) is 89.5 Å². The zero-order chi connectivity index (χ0) is 21.8. The summed E-state index contributed by atoms with van der Waals surface area (Å²) < 4.78 is 8.36. The van der Waals surface area contributed by atoms with Gasteiger partial charge in [-0.1, -0.05) is 12.1 Å². The first-order valence-corrected chi connectivity index (χ1v) is 9.96. The molecule has 2 aromatic heterocycles. The Labute approximate surface area is 182 Å². The van der Waals surface area contributed by atoms with Gasteiger partial charge in [0.05, 0.1) is 51.6 Å². The molecule has 6 rings (SSSR count). The zero-order valence-electron chi connectivity index (χ0n) is 16.6. The van der Waals surface area contributed by atoms with Crippen molar-refractivity contribution in [1.29, 1.82) is 15.8 Å². The van der Waals surface area contributed by atoms with Crippen LogP contribution in [0.3, 0.4) is 0 Å². The number of rotatable bonds is 1. The average Bonchev–Trinajstić information content (AvgIpc) is 3.38. The molecule has 0 fully saturated rings. The van der Waals surface area contributed by atoms with Gasteiger partial charge in [-0.2, -0.15) is 15.8 Å². The highest BCUT2D eigenvalue weighted by Gasteiger charge is 2.18. The standard InChI is InChI=1S/C27H12N4O/c28-13-16-4-7-23-20(10-16)21-11-17(14-29)5-8-24(21)31(23)25-3-1-2-19-22-12-18(15-30)6-9-26(22)32-27(19)25/h1-12H. The second-order valence-electron chi connectivity index (χ2n) is 7.60. The van der Waals surface area contributed by atoms with E-state index >= 15 is 0 Å². The minimum Gasteiger partial charge on any atom is -0.454 e. The van der Waals surface area contributed by atoms with E-state index in [1.165, 1.54) is 0 Å². The van der Waals surface area contributed by atoms with Gasteiger partial charge in [0.25, 0.3) is 0 Å². The van der Waals surface area contributed by atoms with Crippen LogP contribution in [-0.4, -0.2) is 4.57 Å². The summed E-state index contributed by atoms with van der Waals surface area (Å²) >= 11 is 0. The fourth-order valence-electron chi connectivity index (χ4n) is 4.45. The molecule has 0 atom stereocenters. The quantitative estimate of drug-likeness (QED) is 0.319. The van der Waals surface area contributed by atoms with Gasteiger partial charge in [-0.3, -0.25) is 0 Å². The summed E-state index contributed by atoms with van der Waals surface area (Å²) in [7, 11) is 0. The highest BCUT2D eigenvalue weighted by atomic mass is 16.3. The lowest BCUT2D eigenvalue weighted by atomic mass is 10.1. The summed E-state index contributed by atoms with van der Waals surface area (Å²) in [6, 6.07) is 29.1. The molecular formula is C27H12N4O. The van der Waals surface area contributed by atoms with Crippen LogP contribution < -0.4 is 0 Å². The molecular weight excluding hydrogens is 396 g/mol. The van der Waals surface area contributed by atoms with E-state index < -0.39 is 0 Å². The summed E-state index contributed by atoms with van der Waals surface area (Å²) in [6.07, 6.45) is 0. The molecule has 146 valence electrons. The molecule has 5 nitrogen and oxygen atoms in total. The minimum atomic E-state index is 0.560. The van der Waals surface area contributed by atoms with Gasteiger partial charge in [0.1, 0.15) is 5.58 Å². The van der Waals surface area contributed by atoms with E-state index in [0.717, 1.165) is 38.3 Å². The predicted octanol–water partition coefficient (Wildman–Crippen LogP) is 6.30. The number of para-hydroxylation sites is 1. The van der Waals surface area contributed by atoms with Gasteiger partial charge in [-0.15, -0.1) is 0 Å². The van der Waals surface area contributed by atoms with Crippen molar-refractivity contribution in [2.45, 2.75) is 0 Å². The monoisotopic (exact) mass is 408 g/mol. The Morgan fingerprint density at radius 2 is 1.16 bits per heavy atom. The molecule has 0 bridgehead atoms. The van der Waals surface area contributed by atoms with Crippen LogP contribution in [0.15, 0.2) is 77.2 Å². The number of nitriles is 3. The number of aromatic nitrogens is 1. The number of hydrogen-bond acceptors (Lipinski definition) is 4. The first-order valence-electron chi connectivity index (χ1n) is 9.96. The van der Waals surface area contributed by atoms with Crippen LogP contribution in [-0.2, 0) is 0 Å². The molecule has 2 heterocycles. The van der Waals surface area contributed by atoms with E-state index in [0.29, 0.717) is 27.9 Å². The Balaban J connectivity index is 1.78. The van der Waals surface area contributed by atoms with Crippen molar-refractivity contribution >= 4 is 43.7 Å². The van der Waals surface area contributed by atoms with Gasteiger partial charge < -0.3 is 8.98 Å². The maximum Gasteiger partial charge on any atom is 0.159 e. The molecule has 6 aromatic rings. The smallest absolute Gasteiger partial charge is 0.159 e. The van der Waals surface area contributed by atoms with Crippen molar-refractivity contribution in [3.8, 4) is 23.9 Å². The number of fused-ring (bicyclic) bond motifs is 6. The fourth-order valence-corrected chi connectivity index (χ4v) is 4.45. The van der Waals surface area contributed by atoms with Gasteiger partial charge in [-0.25, -0.2) is 0 Å². The number of hydrogen-bond donors (Lipinski definition) is 0. The van der Waals surface area contributed by atoms with Crippen molar-refractivity contribution in [3.63, 3.8) is 0 Å². The first-order chi connectivity index (χ1) is 15.7. The molecule has 0 N–H and O–H groups in total. The van der Waals surface area contributed by atoms with Gasteiger partial charge in [0, 0.05) is 21.5 Å². The van der Waals surface area contributed by atoms with Crippen molar-refractivity contribution in [2.75, 3.05) is 0 Å². The molecule has 0 saturated carbocycles. The third-order valence-electron chi connectivity index (χ3n) is 5.87. The Bertz CT molecular complexity index is 1800. The third-order valence-corrected chi connectivity index (χ3v) is 5.87. The Hall–Kier alpha value is -5.05. The predicted molar refractivity (Wildman–Crippen MR) is 122 cm³/mol. The third kappa shape index (κ3) is 2.36. The molecule has 0 unspecified atom stereocenters. The summed E-state index contributed by atoms with van der Waals surface area (Å²) in [5, 5.41) is 31.7. The highest BCUT2D eigenvalue weighted by Crippen LogP contribution is 2.38. The van der Waals surface area contributed by atoms with Gasteiger partial charge in [0.2, 0.25) is 0 Å². The van der Waals surface area contributed by atoms with Crippen molar-refractivity contribution < 1.29 is 4.42 Å². The maximum atomic E-state index is 9.41. The molecule has 0 amide bonds. The lowest BCUT2D eigenvalue weighted by Crippen LogP contribution is -1.94. The van der Waals surface area contributed by atoms with Gasteiger partial charge in [0.15, 0.2) is 5.58 Å². The van der Waals surface area contributed by atoms with E-state index in [1.54, 1.807) is 18.2 Å². The normalized spacial score (nSPS) is 11.0. The SMILES string of the molecule is N#Cc1ccc2oc3c(-n4c5ccc(C#N)cc5c5cc(C#N)ccc54)cccc3c2c1. The lowest BCUT2D eigenvalue weighted by Gasteiger charge is -2.08. The van der Waals surface area contributed by atoms with Crippen LogP contribution in [0.5, 0.6) is 0 Å². The molecule has 32 heavy (non-hydrogen) atoms. The van der Waals surface area contributed by atoms with Crippen LogP contribution >= 0.6 is 0 Å². The minimum absolute atomic E-state index is 0.560. The van der Waals surface area contributed by atoms with Gasteiger partial charge >= 0.3 is 0 Å². The Morgan fingerprint density at radius 1 is 0.594 bits per heavy atom. The average molecular weight is 408 g/mol. The molecule has 5 heteroatoms. The Morgan fingerprint density at radius 3 is 1.75 bits per heavy atom. The molecule has 0 aliphatic rings. The highest BCUT2D eigenvalue weighted by molar-refractivity contribution is 6.13. The zero-order valence-corrected chi connectivity index (χ0v) is 16.6. The first kappa shape index (κ1) is 17.8. The number of nitrogens with zero attached hydrogens (tertiary/aromatic N) is 4. The molecule has 0 aliphatic heterocycles. The lowest BCUT2D eigenvalue weighted by molar-refractivity contribution is 0.666. The van der Waals surface area contributed by atoms with Crippen LogP contribution in [0.4, 0.5) is 0 Å². The fraction of sp³-hybridized carbons (Fsp3) is 0. The van der Waals surface area contributed by atoms with E-state index in [4.69, 9.17) is 4.42 Å². The molecule has 0 spiro atoms. The van der Waals surface area contributed by atoms with E-state index in [2.05, 4.69) is 22.8 Å². The summed E-state index contributed by atoms with van der Waals surface area (Å²) in [5.41, 5.74) is 5.81. The largest absolute Gasteiger partial charge is 0.454 e. The molecule has 4 aromatic carbocycles. The molecule has 0 saturated heterocycles. The maximum absolute atomic E-state index is 9.41. The summed E-state index contributed by atoms with van der Waals surface area (Å²) in [4.78, 5) is 0. The van der Waals surface area contributed by atoms with Crippen molar-refractivity contribution in [2.24, 2.45) is 0 Å². The van der Waals surface area contributed by atoms with Crippen molar-refractivity contribution in [1.82, 2.24) is 4.57 Å². The topological polar surface area (TPSA) is 89.4 Å². The second kappa shape index (κ2) is 6.47.